The Morgan fingerprint density at radius 2 is 2.10 bits per heavy atom. The van der Waals surface area contributed by atoms with Crippen LogP contribution < -0.4 is 0 Å². The number of thioether (sulfide) groups is 1. The van der Waals surface area contributed by atoms with E-state index in [-0.39, 0.29) is 11.2 Å². The Hall–Kier alpha value is -1.54. The first kappa shape index (κ1) is 16.5. The van der Waals surface area contributed by atoms with Crippen molar-refractivity contribution >= 4 is 17.7 Å². The number of esters is 1. The molecular weight excluding hydrogens is 272 g/mol. The lowest BCUT2D eigenvalue weighted by molar-refractivity contribution is -0.143. The van der Waals surface area contributed by atoms with Gasteiger partial charge >= 0.3 is 5.97 Å². The molecule has 0 aliphatic rings. The molecule has 0 bridgehead atoms. The van der Waals surface area contributed by atoms with E-state index in [2.05, 4.69) is 11.1 Å². The monoisotopic (exact) mass is 292 g/mol. The van der Waals surface area contributed by atoms with Crippen molar-refractivity contribution in [3.05, 3.63) is 22.9 Å². The van der Waals surface area contributed by atoms with Crippen LogP contribution in [0.1, 0.15) is 37.6 Å². The molecule has 108 valence electrons. The summed E-state index contributed by atoms with van der Waals surface area (Å²) in [6, 6.07) is 4.02. The Morgan fingerprint density at radius 1 is 1.45 bits per heavy atom. The van der Waals surface area contributed by atoms with Gasteiger partial charge in [-0.25, -0.2) is 4.98 Å². The molecule has 1 atom stereocenters. The van der Waals surface area contributed by atoms with Crippen molar-refractivity contribution < 1.29 is 9.53 Å². The second kappa shape index (κ2) is 7.30. The minimum atomic E-state index is -0.380. The summed E-state index contributed by atoms with van der Waals surface area (Å²) in [7, 11) is 0. The largest absolute Gasteiger partial charge is 0.465 e. The summed E-state index contributed by atoms with van der Waals surface area (Å²) in [5, 5.41) is 9.41. The van der Waals surface area contributed by atoms with Crippen molar-refractivity contribution in [2.75, 3.05) is 6.61 Å². The van der Waals surface area contributed by atoms with Crippen LogP contribution in [0.3, 0.4) is 0 Å². The zero-order valence-corrected chi connectivity index (χ0v) is 13.4. The summed E-state index contributed by atoms with van der Waals surface area (Å²) in [6.45, 7) is 9.91. The van der Waals surface area contributed by atoms with Gasteiger partial charge in [0.05, 0.1) is 12.2 Å². The molecule has 0 spiro atoms. The van der Waals surface area contributed by atoms with Crippen LogP contribution in [0.2, 0.25) is 0 Å². The fraction of sp³-hybridized carbons (Fsp3) is 0.533. The van der Waals surface area contributed by atoms with Crippen molar-refractivity contribution in [1.82, 2.24) is 4.98 Å². The molecule has 0 N–H and O–H groups in total. The minimum Gasteiger partial charge on any atom is -0.465 e. The van der Waals surface area contributed by atoms with E-state index in [1.54, 1.807) is 6.92 Å². The minimum absolute atomic E-state index is 0.270. The third-order valence-corrected chi connectivity index (χ3v) is 3.67. The number of hydrogen-bond acceptors (Lipinski definition) is 5. The van der Waals surface area contributed by atoms with E-state index >= 15 is 0 Å². The van der Waals surface area contributed by atoms with Gasteiger partial charge in [0.15, 0.2) is 0 Å². The molecule has 0 radical (unpaired) electrons. The van der Waals surface area contributed by atoms with E-state index in [9.17, 15) is 10.1 Å². The van der Waals surface area contributed by atoms with E-state index in [1.165, 1.54) is 11.8 Å². The van der Waals surface area contributed by atoms with Crippen LogP contribution in [-0.2, 0) is 9.53 Å². The molecular formula is C15H20N2O2S. The molecule has 0 saturated carbocycles. The molecule has 0 aliphatic heterocycles. The summed E-state index contributed by atoms with van der Waals surface area (Å²) in [5.74, 6) is 0.0405. The van der Waals surface area contributed by atoms with Crippen LogP contribution in [0.15, 0.2) is 11.1 Å². The van der Waals surface area contributed by atoms with E-state index in [4.69, 9.17) is 4.74 Å². The SMILES string of the molecule is Cc1cc(C)c(C#N)c(SC(C)C(=O)OCC(C)C)n1. The Morgan fingerprint density at radius 3 is 2.65 bits per heavy atom. The van der Waals surface area contributed by atoms with Crippen LogP contribution in [0.5, 0.6) is 0 Å². The average molecular weight is 292 g/mol. The highest BCUT2D eigenvalue weighted by molar-refractivity contribution is 8.00. The second-order valence-corrected chi connectivity index (χ2v) is 6.49. The summed E-state index contributed by atoms with van der Waals surface area (Å²) in [4.78, 5) is 16.2. The molecule has 4 nitrogen and oxygen atoms in total. The zero-order valence-electron chi connectivity index (χ0n) is 12.6. The number of rotatable bonds is 5. The van der Waals surface area contributed by atoms with Gasteiger partial charge in [-0.1, -0.05) is 25.6 Å². The molecule has 0 amide bonds. The van der Waals surface area contributed by atoms with Gasteiger partial charge in [-0.15, -0.1) is 0 Å². The first-order valence-electron chi connectivity index (χ1n) is 6.56. The van der Waals surface area contributed by atoms with Gasteiger partial charge in [-0.2, -0.15) is 5.26 Å². The third-order valence-electron chi connectivity index (χ3n) is 2.60. The highest BCUT2D eigenvalue weighted by Crippen LogP contribution is 2.27. The zero-order chi connectivity index (χ0) is 15.3. The maximum absolute atomic E-state index is 11.9. The first-order chi connectivity index (χ1) is 9.35. The Labute approximate surface area is 124 Å². The predicted molar refractivity (Wildman–Crippen MR) is 79.5 cm³/mol. The van der Waals surface area contributed by atoms with E-state index in [0.29, 0.717) is 23.1 Å². The topological polar surface area (TPSA) is 63.0 Å². The van der Waals surface area contributed by atoms with Crippen LogP contribution in [-0.4, -0.2) is 22.8 Å². The number of ether oxygens (including phenoxy) is 1. The lowest BCUT2D eigenvalue weighted by atomic mass is 10.1. The van der Waals surface area contributed by atoms with Gasteiger partial charge in [-0.05, 0) is 38.3 Å². The number of nitrogens with zero attached hydrogens (tertiary/aromatic N) is 2. The van der Waals surface area contributed by atoms with Gasteiger partial charge in [-0.3, -0.25) is 4.79 Å². The molecule has 1 heterocycles. The molecule has 1 aromatic heterocycles. The van der Waals surface area contributed by atoms with Crippen LogP contribution in [0.25, 0.3) is 0 Å². The molecule has 0 saturated heterocycles. The van der Waals surface area contributed by atoms with E-state index in [1.807, 2.05) is 33.8 Å². The molecule has 1 rings (SSSR count). The summed E-state index contributed by atoms with van der Waals surface area (Å²) < 4.78 is 5.20. The van der Waals surface area contributed by atoms with Gasteiger partial charge in [0.25, 0.3) is 0 Å². The van der Waals surface area contributed by atoms with Crippen molar-refractivity contribution in [2.45, 2.75) is 44.9 Å². The Bertz CT molecular complexity index is 535. The number of hydrogen-bond donors (Lipinski definition) is 0. The predicted octanol–water partition coefficient (Wildman–Crippen LogP) is 3.25. The smallest absolute Gasteiger partial charge is 0.319 e. The fourth-order valence-electron chi connectivity index (χ4n) is 1.61. The maximum Gasteiger partial charge on any atom is 0.319 e. The molecule has 0 aliphatic carbocycles. The van der Waals surface area contributed by atoms with Crippen LogP contribution in [0.4, 0.5) is 0 Å². The van der Waals surface area contributed by atoms with Gasteiger partial charge in [0, 0.05) is 5.69 Å². The molecule has 5 heteroatoms. The molecule has 20 heavy (non-hydrogen) atoms. The van der Waals surface area contributed by atoms with Crippen molar-refractivity contribution in [3.63, 3.8) is 0 Å². The molecule has 0 aromatic carbocycles. The number of nitriles is 1. The second-order valence-electron chi connectivity index (χ2n) is 5.16. The number of pyridine rings is 1. The summed E-state index contributed by atoms with van der Waals surface area (Å²) in [6.07, 6.45) is 0. The standard InChI is InChI=1S/C15H20N2O2S/c1-9(2)8-19-15(18)12(5)20-14-13(7-16)10(3)6-11(4)17-14/h6,9,12H,8H2,1-5H3. The van der Waals surface area contributed by atoms with Crippen LogP contribution >= 0.6 is 11.8 Å². The van der Waals surface area contributed by atoms with Crippen molar-refractivity contribution in [3.8, 4) is 6.07 Å². The normalized spacial score (nSPS) is 12.1. The number of carbonyl (C=O) groups is 1. The number of aryl methyl sites for hydroxylation is 2. The summed E-state index contributed by atoms with van der Waals surface area (Å²) in [5.41, 5.74) is 2.25. The first-order valence-corrected chi connectivity index (χ1v) is 7.44. The maximum atomic E-state index is 11.9. The number of carbonyl (C=O) groups excluding carboxylic acids is 1. The van der Waals surface area contributed by atoms with Crippen molar-refractivity contribution in [2.24, 2.45) is 5.92 Å². The Kier molecular flexibility index (Phi) is 6.03. The number of aromatic nitrogens is 1. The lowest BCUT2D eigenvalue weighted by Crippen LogP contribution is -2.19. The fourth-order valence-corrected chi connectivity index (χ4v) is 2.63. The van der Waals surface area contributed by atoms with Gasteiger partial charge < -0.3 is 4.74 Å². The van der Waals surface area contributed by atoms with E-state index < -0.39 is 0 Å². The quantitative estimate of drug-likeness (QED) is 0.615. The van der Waals surface area contributed by atoms with Gasteiger partial charge in [0.2, 0.25) is 0 Å². The third kappa shape index (κ3) is 4.53. The molecule has 0 fully saturated rings. The highest BCUT2D eigenvalue weighted by atomic mass is 32.2. The van der Waals surface area contributed by atoms with Crippen LogP contribution in [0, 0.1) is 31.1 Å². The lowest BCUT2D eigenvalue weighted by Gasteiger charge is -2.13. The Balaban J connectivity index is 2.83. The molecule has 1 aromatic rings. The van der Waals surface area contributed by atoms with Gasteiger partial charge in [0.1, 0.15) is 16.3 Å². The van der Waals surface area contributed by atoms with Crippen molar-refractivity contribution in [1.29, 1.82) is 5.26 Å². The highest BCUT2D eigenvalue weighted by Gasteiger charge is 2.20. The molecule has 1 unspecified atom stereocenters. The summed E-state index contributed by atoms with van der Waals surface area (Å²) >= 11 is 1.27. The average Bonchev–Trinajstić information content (AvgIpc) is 2.35. The van der Waals surface area contributed by atoms with E-state index in [0.717, 1.165) is 11.3 Å².